The lowest BCUT2D eigenvalue weighted by Crippen LogP contribution is -2.69. The van der Waals surface area contributed by atoms with Gasteiger partial charge in [-0.15, -0.1) is 0 Å². The predicted molar refractivity (Wildman–Crippen MR) is 89.3 cm³/mol. The molecule has 25 heavy (non-hydrogen) atoms. The quantitative estimate of drug-likeness (QED) is 0.836. The highest BCUT2D eigenvalue weighted by atomic mass is 35.5. The number of para-hydroxylation sites is 1. The summed E-state index contributed by atoms with van der Waals surface area (Å²) in [7, 11) is 0. The Bertz CT molecular complexity index is 639. The van der Waals surface area contributed by atoms with Crippen LogP contribution in [0.15, 0.2) is 24.3 Å². The van der Waals surface area contributed by atoms with Crippen molar-refractivity contribution in [2.45, 2.75) is 57.2 Å². The zero-order chi connectivity index (χ0) is 18.2. The zero-order valence-corrected chi connectivity index (χ0v) is 15.0. The third-order valence-corrected chi connectivity index (χ3v) is 4.45. The van der Waals surface area contributed by atoms with E-state index in [1.807, 2.05) is 0 Å². The van der Waals surface area contributed by atoms with Crippen LogP contribution in [0.4, 0.5) is 0 Å². The molecule has 1 aromatic rings. The van der Waals surface area contributed by atoms with Crippen LogP contribution in [0.1, 0.15) is 20.8 Å². The fourth-order valence-electron chi connectivity index (χ4n) is 3.00. The van der Waals surface area contributed by atoms with Gasteiger partial charge >= 0.3 is 0 Å². The van der Waals surface area contributed by atoms with Crippen molar-refractivity contribution in [1.82, 2.24) is 5.32 Å². The highest BCUT2D eigenvalue weighted by Gasteiger charge is 2.52. The number of fused-ring (bicyclic) bond motifs is 1. The van der Waals surface area contributed by atoms with Crippen LogP contribution in [0.25, 0.3) is 0 Å². The summed E-state index contributed by atoms with van der Waals surface area (Å²) in [6.07, 6.45) is -3.14. The molecular formula is C17H22ClNO6. The van der Waals surface area contributed by atoms with Gasteiger partial charge in [0.05, 0.1) is 11.6 Å². The average Bonchev–Trinajstić information content (AvgIpc) is 2.53. The van der Waals surface area contributed by atoms with Gasteiger partial charge in [-0.05, 0) is 26.0 Å². The lowest BCUT2D eigenvalue weighted by Gasteiger charge is -2.49. The Morgan fingerprint density at radius 2 is 2.12 bits per heavy atom. The van der Waals surface area contributed by atoms with E-state index in [0.717, 1.165) is 0 Å². The summed E-state index contributed by atoms with van der Waals surface area (Å²) < 4.78 is 23.1. The highest BCUT2D eigenvalue weighted by molar-refractivity contribution is 6.32. The first-order chi connectivity index (χ1) is 11.8. The van der Waals surface area contributed by atoms with Gasteiger partial charge in [0.1, 0.15) is 30.1 Å². The molecule has 138 valence electrons. The van der Waals surface area contributed by atoms with Gasteiger partial charge in [-0.2, -0.15) is 0 Å². The van der Waals surface area contributed by atoms with Crippen LogP contribution in [0.5, 0.6) is 5.75 Å². The largest absolute Gasteiger partial charge is 0.461 e. The van der Waals surface area contributed by atoms with Crippen molar-refractivity contribution in [3.8, 4) is 5.75 Å². The molecule has 2 aliphatic heterocycles. The van der Waals surface area contributed by atoms with Crippen molar-refractivity contribution < 1.29 is 28.8 Å². The maximum absolute atomic E-state index is 11.6. The molecule has 0 aromatic heterocycles. The summed E-state index contributed by atoms with van der Waals surface area (Å²) in [5, 5.41) is 13.9. The van der Waals surface area contributed by atoms with Gasteiger partial charge in [0, 0.05) is 6.92 Å². The molecule has 8 heteroatoms. The van der Waals surface area contributed by atoms with Gasteiger partial charge in [-0.1, -0.05) is 23.7 Å². The number of carbonyl (C=O) groups excluding carboxylic acids is 1. The van der Waals surface area contributed by atoms with Gasteiger partial charge in [0.25, 0.3) is 0 Å². The molecular weight excluding hydrogens is 350 g/mol. The van der Waals surface area contributed by atoms with E-state index in [1.54, 1.807) is 38.1 Å². The van der Waals surface area contributed by atoms with E-state index >= 15 is 0 Å². The summed E-state index contributed by atoms with van der Waals surface area (Å²) >= 11 is 6.13. The Morgan fingerprint density at radius 1 is 1.40 bits per heavy atom. The predicted octanol–water partition coefficient (Wildman–Crippen LogP) is 1.46. The molecule has 2 saturated heterocycles. The Balaban J connectivity index is 1.83. The second-order valence-corrected chi connectivity index (χ2v) is 7.01. The zero-order valence-electron chi connectivity index (χ0n) is 14.3. The molecule has 2 fully saturated rings. The SMILES string of the molecule is CC(=O)N[C@@H]1[C@@H](Oc2ccccc2Cl)O[C@@H]2COC(C)(C)O[C@@H]2[C@H]1O. The number of amides is 1. The number of nitrogens with one attached hydrogen (secondary N) is 1. The molecule has 1 aromatic carbocycles. The van der Waals surface area contributed by atoms with Gasteiger partial charge in [-0.3, -0.25) is 4.79 Å². The number of hydrogen-bond acceptors (Lipinski definition) is 6. The van der Waals surface area contributed by atoms with E-state index < -0.39 is 36.4 Å². The molecule has 0 radical (unpaired) electrons. The van der Waals surface area contributed by atoms with E-state index in [2.05, 4.69) is 5.32 Å². The topological polar surface area (TPSA) is 86.3 Å². The van der Waals surface area contributed by atoms with Crippen LogP contribution in [-0.4, -0.2) is 54.1 Å². The first-order valence-electron chi connectivity index (χ1n) is 8.10. The number of aliphatic hydroxyl groups is 1. The molecule has 2 heterocycles. The van der Waals surface area contributed by atoms with Gasteiger partial charge in [0.2, 0.25) is 12.2 Å². The number of ether oxygens (including phenoxy) is 4. The fraction of sp³-hybridized carbons (Fsp3) is 0.588. The van der Waals surface area contributed by atoms with Crippen LogP contribution >= 0.6 is 11.6 Å². The first kappa shape index (κ1) is 18.4. The van der Waals surface area contributed by atoms with Crippen LogP contribution in [-0.2, 0) is 19.0 Å². The van der Waals surface area contributed by atoms with E-state index in [1.165, 1.54) is 6.92 Å². The summed E-state index contributed by atoms with van der Waals surface area (Å²) in [6.45, 7) is 5.12. The molecule has 2 aliphatic rings. The number of benzene rings is 1. The molecule has 3 rings (SSSR count). The normalized spacial score (nSPS) is 34.0. The van der Waals surface area contributed by atoms with Crippen molar-refractivity contribution in [3.05, 3.63) is 29.3 Å². The molecule has 1 amide bonds. The third-order valence-electron chi connectivity index (χ3n) is 4.14. The van der Waals surface area contributed by atoms with E-state index in [9.17, 15) is 9.90 Å². The van der Waals surface area contributed by atoms with Gasteiger partial charge < -0.3 is 29.4 Å². The summed E-state index contributed by atoms with van der Waals surface area (Å²) in [5.41, 5.74) is 0. The average molecular weight is 372 g/mol. The number of halogens is 1. The van der Waals surface area contributed by atoms with Crippen LogP contribution in [0.3, 0.4) is 0 Å². The fourth-order valence-corrected chi connectivity index (χ4v) is 3.18. The van der Waals surface area contributed by atoms with Crippen molar-refractivity contribution in [3.63, 3.8) is 0 Å². The van der Waals surface area contributed by atoms with Crippen molar-refractivity contribution >= 4 is 17.5 Å². The Kier molecular flexibility index (Phi) is 5.22. The Labute approximate surface area is 151 Å². The monoisotopic (exact) mass is 371 g/mol. The minimum Gasteiger partial charge on any atom is -0.461 e. The van der Waals surface area contributed by atoms with Crippen LogP contribution in [0.2, 0.25) is 5.02 Å². The number of aliphatic hydroxyl groups excluding tert-OH is 1. The van der Waals surface area contributed by atoms with E-state index in [4.69, 9.17) is 30.5 Å². The molecule has 5 atom stereocenters. The first-order valence-corrected chi connectivity index (χ1v) is 8.48. The minimum atomic E-state index is -1.03. The Morgan fingerprint density at radius 3 is 2.80 bits per heavy atom. The van der Waals surface area contributed by atoms with Gasteiger partial charge in [-0.25, -0.2) is 0 Å². The lowest BCUT2D eigenvalue weighted by molar-refractivity contribution is -0.361. The van der Waals surface area contributed by atoms with Gasteiger partial charge in [0.15, 0.2) is 5.79 Å². The molecule has 0 bridgehead atoms. The van der Waals surface area contributed by atoms with Crippen molar-refractivity contribution in [1.29, 1.82) is 0 Å². The highest BCUT2D eigenvalue weighted by Crippen LogP contribution is 2.34. The summed E-state index contributed by atoms with van der Waals surface area (Å²) in [6, 6.07) is 6.10. The minimum absolute atomic E-state index is 0.240. The maximum Gasteiger partial charge on any atom is 0.223 e. The molecule has 0 spiro atoms. The van der Waals surface area contributed by atoms with E-state index in [0.29, 0.717) is 10.8 Å². The summed E-state index contributed by atoms with van der Waals surface area (Å²) in [4.78, 5) is 11.6. The molecule has 0 unspecified atom stereocenters. The molecule has 2 N–H and O–H groups in total. The smallest absolute Gasteiger partial charge is 0.223 e. The third kappa shape index (κ3) is 4.07. The van der Waals surface area contributed by atoms with Crippen molar-refractivity contribution in [2.24, 2.45) is 0 Å². The van der Waals surface area contributed by atoms with E-state index in [-0.39, 0.29) is 12.5 Å². The second-order valence-electron chi connectivity index (χ2n) is 6.60. The number of rotatable bonds is 3. The summed E-state index contributed by atoms with van der Waals surface area (Å²) in [5.74, 6) is -0.763. The number of hydrogen-bond donors (Lipinski definition) is 2. The molecule has 7 nitrogen and oxygen atoms in total. The second kappa shape index (κ2) is 7.09. The lowest BCUT2D eigenvalue weighted by atomic mass is 9.95. The maximum atomic E-state index is 11.6. The van der Waals surface area contributed by atoms with Crippen LogP contribution < -0.4 is 10.1 Å². The number of carbonyl (C=O) groups is 1. The standard InChI is InChI=1S/C17H22ClNO6/c1-9(20)19-13-14(21)15-12(8-22-17(2,3)25-15)24-16(13)23-11-7-5-4-6-10(11)18/h4-7,12-16,21H,8H2,1-3H3,(H,19,20)/t12-,13+,14+,15+,16+/m1/s1. The van der Waals surface area contributed by atoms with Crippen molar-refractivity contribution in [2.75, 3.05) is 6.61 Å². The molecule has 0 saturated carbocycles. The van der Waals surface area contributed by atoms with Crippen LogP contribution in [0, 0.1) is 0 Å². The molecule has 0 aliphatic carbocycles. The Hall–Kier alpha value is -1.38.